The van der Waals surface area contributed by atoms with Gasteiger partial charge in [-0.1, -0.05) is 17.4 Å². The lowest BCUT2D eigenvalue weighted by Crippen LogP contribution is -2.36. The van der Waals surface area contributed by atoms with E-state index in [1.165, 1.54) is 15.5 Å². The van der Waals surface area contributed by atoms with E-state index in [-0.39, 0.29) is 23.2 Å². The second kappa shape index (κ2) is 9.01. The van der Waals surface area contributed by atoms with Gasteiger partial charge in [0.25, 0.3) is 5.91 Å². The molecule has 9 heteroatoms. The van der Waals surface area contributed by atoms with Crippen LogP contribution in [0.4, 0.5) is 5.69 Å². The molecule has 2 aromatic heterocycles. The molecule has 0 aliphatic carbocycles. The Morgan fingerprint density at radius 1 is 1.18 bits per heavy atom. The molecule has 0 radical (unpaired) electrons. The van der Waals surface area contributed by atoms with Crippen LogP contribution in [0.1, 0.15) is 35.2 Å². The Bertz CT molecular complexity index is 1260. The summed E-state index contributed by atoms with van der Waals surface area (Å²) in [5.74, 6) is -0.212. The third-order valence-corrected chi connectivity index (χ3v) is 7.06. The Morgan fingerprint density at radius 2 is 2.00 bits per heavy atom. The summed E-state index contributed by atoms with van der Waals surface area (Å²) in [6, 6.07) is 7.66. The number of hydrogen-bond donors (Lipinski definition) is 3. The number of fused-ring (bicyclic) bond motifs is 1. The number of nitrogens with one attached hydrogen (secondary N) is 2. The highest BCUT2D eigenvalue weighted by molar-refractivity contribution is 7.07. The van der Waals surface area contributed by atoms with Crippen LogP contribution in [0.15, 0.2) is 40.6 Å². The van der Waals surface area contributed by atoms with Gasteiger partial charge in [0.2, 0.25) is 5.88 Å². The van der Waals surface area contributed by atoms with E-state index in [9.17, 15) is 14.7 Å². The third-order valence-electron chi connectivity index (χ3n) is 6.31. The van der Waals surface area contributed by atoms with Crippen molar-refractivity contribution < 1.29 is 14.6 Å². The predicted molar refractivity (Wildman–Crippen MR) is 128 cm³/mol. The van der Waals surface area contributed by atoms with Crippen LogP contribution in [0, 0.1) is 0 Å². The number of rotatable bonds is 6. The molecule has 4 heterocycles. The topological polar surface area (TPSA) is 99.6 Å². The Hall–Kier alpha value is -3.14. The molecule has 0 bridgehead atoms. The van der Waals surface area contributed by atoms with Crippen molar-refractivity contribution >= 4 is 34.6 Å². The number of anilines is 1. The normalized spacial score (nSPS) is 18.1. The van der Waals surface area contributed by atoms with Gasteiger partial charge in [-0.3, -0.25) is 19.1 Å². The molecule has 2 aliphatic heterocycles. The van der Waals surface area contributed by atoms with Crippen molar-refractivity contribution in [3.05, 3.63) is 67.9 Å². The van der Waals surface area contributed by atoms with Crippen molar-refractivity contribution in [3.8, 4) is 5.88 Å². The van der Waals surface area contributed by atoms with Crippen LogP contribution < -0.4 is 10.2 Å². The summed E-state index contributed by atoms with van der Waals surface area (Å²) in [7, 11) is 1.78. The van der Waals surface area contributed by atoms with Gasteiger partial charge in [-0.05, 0) is 48.2 Å². The molecule has 1 saturated heterocycles. The molecule has 3 N–H and O–H groups in total. The first-order chi connectivity index (χ1) is 16.0. The lowest BCUT2D eigenvalue weighted by atomic mass is 10.0. The van der Waals surface area contributed by atoms with Crippen LogP contribution in [0.5, 0.6) is 5.88 Å². The molecule has 172 valence electrons. The number of carbonyl (C=O) groups is 1. The second-order valence-corrected chi connectivity index (χ2v) is 9.33. The van der Waals surface area contributed by atoms with Crippen molar-refractivity contribution in [2.45, 2.75) is 32.0 Å². The SMILES string of the molecule is COC1CCN(Cc2c[nH]c(C=C3C(=O)Nc4ccc(Cn5c(O)csc5=O)cc43)c2)CC1. The van der Waals surface area contributed by atoms with Crippen molar-refractivity contribution in [3.63, 3.8) is 0 Å². The second-order valence-electron chi connectivity index (χ2n) is 8.51. The zero-order chi connectivity index (χ0) is 22.9. The van der Waals surface area contributed by atoms with Crippen molar-refractivity contribution in [2.75, 3.05) is 25.5 Å². The number of aromatic nitrogens is 2. The number of thiazole rings is 1. The Kier molecular flexibility index (Phi) is 5.92. The van der Waals surface area contributed by atoms with E-state index >= 15 is 0 Å². The summed E-state index contributed by atoms with van der Waals surface area (Å²) in [4.78, 5) is 30.1. The molecule has 1 fully saturated rings. The molecule has 0 unspecified atom stereocenters. The fourth-order valence-corrected chi connectivity index (χ4v) is 5.10. The summed E-state index contributed by atoms with van der Waals surface area (Å²) in [5, 5.41) is 14.2. The molecule has 3 aromatic rings. The molecule has 1 amide bonds. The van der Waals surface area contributed by atoms with E-state index in [1.807, 2.05) is 30.5 Å². The number of hydrogen-bond acceptors (Lipinski definition) is 6. The van der Waals surface area contributed by atoms with Crippen LogP contribution in [-0.2, 0) is 22.6 Å². The Morgan fingerprint density at radius 3 is 2.73 bits per heavy atom. The fourth-order valence-electron chi connectivity index (χ4n) is 4.48. The number of carbonyl (C=O) groups excluding carboxylic acids is 1. The van der Waals surface area contributed by atoms with Crippen LogP contribution in [0.3, 0.4) is 0 Å². The number of piperidine rings is 1. The summed E-state index contributed by atoms with van der Waals surface area (Å²) >= 11 is 0.960. The molecule has 0 spiro atoms. The molecule has 5 rings (SSSR count). The third kappa shape index (κ3) is 4.52. The largest absolute Gasteiger partial charge is 0.494 e. The van der Waals surface area contributed by atoms with E-state index in [2.05, 4.69) is 21.3 Å². The number of likely N-dealkylation sites (tertiary alicyclic amines) is 1. The highest BCUT2D eigenvalue weighted by Gasteiger charge is 2.25. The Labute approximate surface area is 195 Å². The maximum Gasteiger partial charge on any atom is 0.310 e. The fraction of sp³-hybridized carbons (Fsp3) is 0.333. The van der Waals surface area contributed by atoms with Gasteiger partial charge in [-0.25, -0.2) is 0 Å². The van der Waals surface area contributed by atoms with Crippen molar-refractivity contribution in [1.82, 2.24) is 14.5 Å². The standard InChI is InChI=1S/C24H26N4O4S/c1-32-18-4-6-27(7-5-18)12-16-8-17(25-11-16)10-20-19-9-15(2-3-21(19)26-23(20)30)13-28-22(29)14-33-24(28)31/h2-3,8-11,14,18,25,29H,4-7,12-13H2,1H3,(H,26,30). The van der Waals surface area contributed by atoms with E-state index in [0.717, 1.165) is 66.3 Å². The number of ether oxygens (including phenoxy) is 1. The Balaban J connectivity index is 1.34. The number of aromatic hydroxyl groups is 1. The maximum absolute atomic E-state index is 12.6. The minimum absolute atomic E-state index is 0.0548. The summed E-state index contributed by atoms with van der Waals surface area (Å²) < 4.78 is 6.76. The van der Waals surface area contributed by atoms with Gasteiger partial charge in [0.05, 0.1) is 23.6 Å². The molecule has 33 heavy (non-hydrogen) atoms. The molecular formula is C24H26N4O4S. The smallest absolute Gasteiger partial charge is 0.310 e. The lowest BCUT2D eigenvalue weighted by molar-refractivity contribution is -0.110. The summed E-state index contributed by atoms with van der Waals surface area (Å²) in [6.45, 7) is 3.14. The molecule has 0 atom stereocenters. The number of methoxy groups -OCH3 is 1. The van der Waals surface area contributed by atoms with Gasteiger partial charge in [0, 0.05) is 49.9 Å². The monoisotopic (exact) mass is 466 g/mol. The minimum atomic E-state index is -0.219. The average molecular weight is 467 g/mol. The number of aromatic amines is 1. The molecule has 2 aliphatic rings. The zero-order valence-corrected chi connectivity index (χ0v) is 19.2. The quantitative estimate of drug-likeness (QED) is 0.485. The minimum Gasteiger partial charge on any atom is -0.494 e. The summed E-state index contributed by atoms with van der Waals surface area (Å²) in [6.07, 6.45) is 6.31. The van der Waals surface area contributed by atoms with Gasteiger partial charge < -0.3 is 20.1 Å². The van der Waals surface area contributed by atoms with Crippen molar-refractivity contribution in [2.24, 2.45) is 0 Å². The first-order valence-electron chi connectivity index (χ1n) is 11.0. The van der Waals surface area contributed by atoms with Crippen LogP contribution in [0.25, 0.3) is 11.6 Å². The van der Waals surface area contributed by atoms with E-state index in [0.29, 0.717) is 11.7 Å². The zero-order valence-electron chi connectivity index (χ0n) is 18.3. The van der Waals surface area contributed by atoms with Crippen LogP contribution >= 0.6 is 11.3 Å². The lowest BCUT2D eigenvalue weighted by Gasteiger charge is -2.30. The van der Waals surface area contributed by atoms with Gasteiger partial charge in [-0.15, -0.1) is 0 Å². The first-order valence-corrected chi connectivity index (χ1v) is 11.8. The van der Waals surface area contributed by atoms with Gasteiger partial charge >= 0.3 is 4.87 Å². The van der Waals surface area contributed by atoms with Crippen LogP contribution in [-0.4, -0.2) is 51.8 Å². The predicted octanol–water partition coefficient (Wildman–Crippen LogP) is 3.10. The number of benzene rings is 1. The van der Waals surface area contributed by atoms with Crippen LogP contribution in [0.2, 0.25) is 0 Å². The first kappa shape index (κ1) is 21.7. The molecule has 1 aromatic carbocycles. The molecule has 0 saturated carbocycles. The number of amides is 1. The van der Waals surface area contributed by atoms with E-state index < -0.39 is 0 Å². The molecule has 8 nitrogen and oxygen atoms in total. The van der Waals surface area contributed by atoms with Gasteiger partial charge in [0.15, 0.2) is 0 Å². The summed E-state index contributed by atoms with van der Waals surface area (Å²) in [5.41, 5.74) is 4.98. The van der Waals surface area contributed by atoms with E-state index in [4.69, 9.17) is 4.74 Å². The average Bonchev–Trinajstić information content (AvgIpc) is 3.48. The van der Waals surface area contributed by atoms with Gasteiger partial charge in [0.1, 0.15) is 0 Å². The maximum atomic E-state index is 12.6. The number of nitrogens with zero attached hydrogens (tertiary/aromatic N) is 2. The van der Waals surface area contributed by atoms with Crippen molar-refractivity contribution in [1.29, 1.82) is 0 Å². The van der Waals surface area contributed by atoms with Gasteiger partial charge in [-0.2, -0.15) is 0 Å². The highest BCUT2D eigenvalue weighted by Crippen LogP contribution is 2.34. The van der Waals surface area contributed by atoms with E-state index in [1.54, 1.807) is 7.11 Å². The molecular weight excluding hydrogens is 440 g/mol. The number of H-pyrrole nitrogens is 1. The highest BCUT2D eigenvalue weighted by atomic mass is 32.1.